The van der Waals surface area contributed by atoms with E-state index in [0.29, 0.717) is 10.9 Å². The van der Waals surface area contributed by atoms with Crippen LogP contribution in [0.5, 0.6) is 5.75 Å². The Hall–Kier alpha value is -3.02. The Morgan fingerprint density at radius 1 is 1.14 bits per heavy atom. The summed E-state index contributed by atoms with van der Waals surface area (Å²) in [6, 6.07) is 11.9. The first-order valence-electron chi connectivity index (χ1n) is 6.54. The van der Waals surface area contributed by atoms with Crippen LogP contribution in [0.3, 0.4) is 0 Å². The number of esters is 1. The molecule has 0 saturated heterocycles. The van der Waals surface area contributed by atoms with Gasteiger partial charge in [0, 0.05) is 0 Å². The lowest BCUT2D eigenvalue weighted by Crippen LogP contribution is -2.26. The van der Waals surface area contributed by atoms with E-state index in [0.717, 1.165) is 0 Å². The first-order valence-corrected chi connectivity index (χ1v) is 6.54. The summed E-state index contributed by atoms with van der Waals surface area (Å²) in [5.41, 5.74) is 0.248. The van der Waals surface area contributed by atoms with E-state index in [4.69, 9.17) is 4.74 Å². The van der Waals surface area contributed by atoms with Crippen molar-refractivity contribution in [3.05, 3.63) is 71.0 Å². The molecule has 1 heterocycles. The molecule has 2 aromatic carbocycles. The molecule has 0 saturated carbocycles. The SMILES string of the molecule is O=C(Cn1cnc2ccccc2c1=O)Oc1ccc(F)cc1. The summed E-state index contributed by atoms with van der Waals surface area (Å²) in [6.45, 7) is -0.270. The van der Waals surface area contributed by atoms with Gasteiger partial charge in [-0.15, -0.1) is 0 Å². The highest BCUT2D eigenvalue weighted by molar-refractivity contribution is 5.77. The summed E-state index contributed by atoms with van der Waals surface area (Å²) in [4.78, 5) is 28.2. The van der Waals surface area contributed by atoms with Gasteiger partial charge in [-0.1, -0.05) is 12.1 Å². The van der Waals surface area contributed by atoms with Crippen LogP contribution >= 0.6 is 0 Å². The molecule has 0 spiro atoms. The molecule has 0 N–H and O–H groups in total. The Morgan fingerprint density at radius 3 is 2.64 bits per heavy atom. The van der Waals surface area contributed by atoms with Crippen LogP contribution in [0.4, 0.5) is 4.39 Å². The third-order valence-electron chi connectivity index (χ3n) is 3.08. The fraction of sp³-hybridized carbons (Fsp3) is 0.0625. The minimum absolute atomic E-state index is 0.216. The number of para-hydroxylation sites is 1. The van der Waals surface area contributed by atoms with Crippen molar-refractivity contribution in [1.29, 1.82) is 0 Å². The lowest BCUT2D eigenvalue weighted by molar-refractivity contribution is -0.135. The molecule has 22 heavy (non-hydrogen) atoms. The molecule has 0 unspecified atom stereocenters. The quantitative estimate of drug-likeness (QED) is 0.549. The highest BCUT2D eigenvalue weighted by Gasteiger charge is 2.10. The van der Waals surface area contributed by atoms with E-state index in [1.54, 1.807) is 24.3 Å². The number of benzene rings is 2. The van der Waals surface area contributed by atoms with E-state index >= 15 is 0 Å². The van der Waals surface area contributed by atoms with Crippen LogP contribution in [0.25, 0.3) is 10.9 Å². The summed E-state index contributed by atoms with van der Waals surface area (Å²) in [5.74, 6) is -0.839. The molecule has 6 heteroatoms. The van der Waals surface area contributed by atoms with Crippen LogP contribution in [0, 0.1) is 5.82 Å². The predicted octanol–water partition coefficient (Wildman–Crippen LogP) is 2.14. The Bertz CT molecular complexity index is 888. The first-order chi connectivity index (χ1) is 10.6. The maximum atomic E-state index is 12.8. The lowest BCUT2D eigenvalue weighted by atomic mass is 10.2. The van der Waals surface area contributed by atoms with Crippen molar-refractivity contribution < 1.29 is 13.9 Å². The Labute approximate surface area is 124 Å². The lowest BCUT2D eigenvalue weighted by Gasteiger charge is -2.07. The van der Waals surface area contributed by atoms with Crippen molar-refractivity contribution in [3.63, 3.8) is 0 Å². The van der Waals surface area contributed by atoms with Crippen molar-refractivity contribution in [3.8, 4) is 5.75 Å². The normalized spacial score (nSPS) is 10.6. The molecule has 1 aromatic heterocycles. The molecule has 0 fully saturated rings. The zero-order valence-corrected chi connectivity index (χ0v) is 11.4. The highest BCUT2D eigenvalue weighted by Crippen LogP contribution is 2.11. The number of ether oxygens (including phenoxy) is 1. The van der Waals surface area contributed by atoms with Crippen LogP contribution in [-0.2, 0) is 11.3 Å². The molecule has 5 nitrogen and oxygen atoms in total. The molecule has 0 bridgehead atoms. The maximum Gasteiger partial charge on any atom is 0.331 e. The Balaban J connectivity index is 1.81. The van der Waals surface area contributed by atoms with Crippen molar-refractivity contribution in [2.75, 3.05) is 0 Å². The van der Waals surface area contributed by atoms with Crippen molar-refractivity contribution in [2.24, 2.45) is 0 Å². The van der Waals surface area contributed by atoms with E-state index in [-0.39, 0.29) is 17.9 Å². The summed E-state index contributed by atoms with van der Waals surface area (Å²) in [5, 5.41) is 0.430. The number of aromatic nitrogens is 2. The van der Waals surface area contributed by atoms with Gasteiger partial charge in [0.25, 0.3) is 5.56 Å². The zero-order chi connectivity index (χ0) is 15.5. The Kier molecular flexibility index (Phi) is 3.65. The average molecular weight is 298 g/mol. The minimum atomic E-state index is -0.634. The van der Waals surface area contributed by atoms with Gasteiger partial charge in [-0.3, -0.25) is 9.36 Å². The summed E-state index contributed by atoms with van der Waals surface area (Å²) in [6.07, 6.45) is 1.30. The van der Waals surface area contributed by atoms with Crippen molar-refractivity contribution in [2.45, 2.75) is 6.54 Å². The second-order valence-electron chi connectivity index (χ2n) is 4.62. The molecule has 0 atom stereocenters. The second-order valence-corrected chi connectivity index (χ2v) is 4.62. The predicted molar refractivity (Wildman–Crippen MR) is 78.0 cm³/mol. The van der Waals surface area contributed by atoms with Crippen LogP contribution in [0.15, 0.2) is 59.7 Å². The van der Waals surface area contributed by atoms with Gasteiger partial charge >= 0.3 is 5.97 Å². The molecule has 3 rings (SSSR count). The van der Waals surface area contributed by atoms with E-state index in [9.17, 15) is 14.0 Å². The zero-order valence-electron chi connectivity index (χ0n) is 11.4. The number of hydrogen-bond donors (Lipinski definition) is 0. The van der Waals surface area contributed by atoms with E-state index in [1.165, 1.54) is 35.2 Å². The van der Waals surface area contributed by atoms with Gasteiger partial charge in [0.05, 0.1) is 17.2 Å². The van der Waals surface area contributed by atoms with Crippen LogP contribution in [0.1, 0.15) is 0 Å². The molecular weight excluding hydrogens is 287 g/mol. The van der Waals surface area contributed by atoms with Gasteiger partial charge in [-0.05, 0) is 36.4 Å². The second kappa shape index (κ2) is 5.77. The van der Waals surface area contributed by atoms with Crippen LogP contribution < -0.4 is 10.3 Å². The Morgan fingerprint density at radius 2 is 1.86 bits per heavy atom. The standard InChI is InChI=1S/C16H11FN2O3/c17-11-5-7-12(8-6-11)22-15(20)9-19-10-18-14-4-2-1-3-13(14)16(19)21/h1-8,10H,9H2. The molecular formula is C16H11FN2O3. The van der Waals surface area contributed by atoms with E-state index in [1.807, 2.05) is 0 Å². The first kappa shape index (κ1) is 13.9. The topological polar surface area (TPSA) is 61.2 Å². The van der Waals surface area contributed by atoms with Crippen molar-refractivity contribution in [1.82, 2.24) is 9.55 Å². The number of halogens is 1. The molecule has 0 radical (unpaired) electrons. The monoisotopic (exact) mass is 298 g/mol. The van der Waals surface area contributed by atoms with Crippen molar-refractivity contribution >= 4 is 16.9 Å². The molecule has 0 amide bonds. The third kappa shape index (κ3) is 2.85. The fourth-order valence-electron chi connectivity index (χ4n) is 2.02. The number of hydrogen-bond acceptors (Lipinski definition) is 4. The smallest absolute Gasteiger partial charge is 0.331 e. The van der Waals surface area contributed by atoms with Crippen LogP contribution in [0.2, 0.25) is 0 Å². The van der Waals surface area contributed by atoms with Gasteiger partial charge in [-0.25, -0.2) is 14.2 Å². The molecule has 0 aliphatic carbocycles. The average Bonchev–Trinajstić information content (AvgIpc) is 2.53. The van der Waals surface area contributed by atoms with Gasteiger partial charge in [0.2, 0.25) is 0 Å². The summed E-state index contributed by atoms with van der Waals surface area (Å²) in [7, 11) is 0. The number of carbonyl (C=O) groups excluding carboxylic acids is 1. The number of nitrogens with zero attached hydrogens (tertiary/aromatic N) is 2. The van der Waals surface area contributed by atoms with E-state index < -0.39 is 11.8 Å². The van der Waals surface area contributed by atoms with Gasteiger partial charge in [0.1, 0.15) is 18.1 Å². The van der Waals surface area contributed by atoms with Gasteiger partial charge < -0.3 is 4.74 Å². The van der Waals surface area contributed by atoms with Gasteiger partial charge in [0.15, 0.2) is 0 Å². The maximum absolute atomic E-state index is 12.8. The van der Waals surface area contributed by atoms with E-state index in [2.05, 4.69) is 4.98 Å². The molecule has 110 valence electrons. The van der Waals surface area contributed by atoms with Crippen LogP contribution in [-0.4, -0.2) is 15.5 Å². The highest BCUT2D eigenvalue weighted by atomic mass is 19.1. The molecule has 3 aromatic rings. The number of fused-ring (bicyclic) bond motifs is 1. The van der Waals surface area contributed by atoms with Gasteiger partial charge in [-0.2, -0.15) is 0 Å². The minimum Gasteiger partial charge on any atom is -0.425 e. The molecule has 0 aliphatic heterocycles. The molecule has 0 aliphatic rings. The largest absolute Gasteiger partial charge is 0.425 e. The number of carbonyl (C=O) groups is 1. The number of rotatable bonds is 3. The third-order valence-corrected chi connectivity index (χ3v) is 3.08. The summed E-state index contributed by atoms with van der Waals surface area (Å²) < 4.78 is 19.0. The fourth-order valence-corrected chi connectivity index (χ4v) is 2.02. The summed E-state index contributed by atoms with van der Waals surface area (Å²) >= 11 is 0.